The second-order valence-electron chi connectivity index (χ2n) is 3.43. The SMILES string of the molecule is CC1OC1C(C)N1C(=O)C=CC1=O. The molecular weight excluding hydrogens is 170 g/mol. The van der Waals surface area contributed by atoms with Gasteiger partial charge in [0.1, 0.15) is 6.10 Å². The van der Waals surface area contributed by atoms with E-state index in [1.807, 2.05) is 13.8 Å². The fourth-order valence-electron chi connectivity index (χ4n) is 1.67. The topological polar surface area (TPSA) is 49.9 Å². The summed E-state index contributed by atoms with van der Waals surface area (Å²) < 4.78 is 5.21. The lowest BCUT2D eigenvalue weighted by Gasteiger charge is -2.20. The van der Waals surface area contributed by atoms with Gasteiger partial charge in [0.15, 0.2) is 0 Å². The van der Waals surface area contributed by atoms with E-state index in [9.17, 15) is 9.59 Å². The monoisotopic (exact) mass is 181 g/mol. The van der Waals surface area contributed by atoms with Crippen LogP contribution in [0.2, 0.25) is 0 Å². The third-order valence-corrected chi connectivity index (χ3v) is 2.48. The molecule has 2 aliphatic rings. The van der Waals surface area contributed by atoms with E-state index in [1.54, 1.807) is 0 Å². The predicted molar refractivity (Wildman–Crippen MR) is 44.8 cm³/mol. The molecule has 3 unspecified atom stereocenters. The van der Waals surface area contributed by atoms with Gasteiger partial charge in [-0.25, -0.2) is 0 Å². The smallest absolute Gasteiger partial charge is 0.253 e. The molecule has 1 fully saturated rings. The van der Waals surface area contributed by atoms with Crippen molar-refractivity contribution in [1.82, 2.24) is 4.90 Å². The molecule has 2 amide bonds. The van der Waals surface area contributed by atoms with E-state index in [1.165, 1.54) is 17.1 Å². The summed E-state index contributed by atoms with van der Waals surface area (Å²) in [6.45, 7) is 3.76. The van der Waals surface area contributed by atoms with Gasteiger partial charge < -0.3 is 4.74 Å². The Bertz CT molecular complexity index is 279. The molecule has 70 valence electrons. The van der Waals surface area contributed by atoms with Crippen molar-refractivity contribution < 1.29 is 14.3 Å². The maximum Gasteiger partial charge on any atom is 0.253 e. The summed E-state index contributed by atoms with van der Waals surface area (Å²) in [7, 11) is 0. The first kappa shape index (κ1) is 8.44. The van der Waals surface area contributed by atoms with E-state index in [-0.39, 0.29) is 30.1 Å². The Morgan fingerprint density at radius 1 is 1.38 bits per heavy atom. The summed E-state index contributed by atoms with van der Waals surface area (Å²) in [4.78, 5) is 23.7. The van der Waals surface area contributed by atoms with Crippen LogP contribution in [0.3, 0.4) is 0 Å². The first-order valence-electron chi connectivity index (χ1n) is 4.32. The Hall–Kier alpha value is -1.16. The van der Waals surface area contributed by atoms with Crippen LogP contribution in [0.15, 0.2) is 12.2 Å². The normalized spacial score (nSPS) is 34.2. The Labute approximate surface area is 76.2 Å². The van der Waals surface area contributed by atoms with Crippen LogP contribution in [0.5, 0.6) is 0 Å². The number of imide groups is 1. The second kappa shape index (κ2) is 2.67. The zero-order valence-corrected chi connectivity index (χ0v) is 7.56. The number of carbonyl (C=O) groups is 2. The number of epoxide rings is 1. The highest BCUT2D eigenvalue weighted by Crippen LogP contribution is 2.28. The van der Waals surface area contributed by atoms with Crippen LogP contribution in [0.25, 0.3) is 0 Å². The number of amides is 2. The van der Waals surface area contributed by atoms with Gasteiger partial charge in [-0.3, -0.25) is 14.5 Å². The van der Waals surface area contributed by atoms with Gasteiger partial charge in [-0.1, -0.05) is 0 Å². The van der Waals surface area contributed by atoms with Crippen LogP contribution < -0.4 is 0 Å². The maximum atomic E-state index is 11.2. The van der Waals surface area contributed by atoms with E-state index >= 15 is 0 Å². The number of nitrogens with zero attached hydrogens (tertiary/aromatic N) is 1. The minimum absolute atomic E-state index is 0.0211. The third kappa shape index (κ3) is 1.27. The molecule has 13 heavy (non-hydrogen) atoms. The van der Waals surface area contributed by atoms with Crippen LogP contribution in [0.1, 0.15) is 13.8 Å². The van der Waals surface area contributed by atoms with Crippen molar-refractivity contribution in [3.05, 3.63) is 12.2 Å². The van der Waals surface area contributed by atoms with Crippen molar-refractivity contribution in [1.29, 1.82) is 0 Å². The van der Waals surface area contributed by atoms with Crippen molar-refractivity contribution in [3.8, 4) is 0 Å². The van der Waals surface area contributed by atoms with Crippen LogP contribution in [-0.2, 0) is 14.3 Å². The molecule has 1 saturated heterocycles. The van der Waals surface area contributed by atoms with Crippen LogP contribution in [0.4, 0.5) is 0 Å². The average molecular weight is 181 g/mol. The van der Waals surface area contributed by atoms with Gasteiger partial charge >= 0.3 is 0 Å². The first-order valence-corrected chi connectivity index (χ1v) is 4.32. The zero-order chi connectivity index (χ0) is 9.59. The van der Waals surface area contributed by atoms with Gasteiger partial charge in [-0.15, -0.1) is 0 Å². The highest BCUT2D eigenvalue weighted by molar-refractivity contribution is 6.13. The quantitative estimate of drug-likeness (QED) is 0.448. The van der Waals surface area contributed by atoms with Crippen molar-refractivity contribution in [2.45, 2.75) is 32.1 Å². The van der Waals surface area contributed by atoms with Crippen LogP contribution in [-0.4, -0.2) is 35.0 Å². The third-order valence-electron chi connectivity index (χ3n) is 2.48. The van der Waals surface area contributed by atoms with Gasteiger partial charge in [-0.05, 0) is 13.8 Å². The summed E-state index contributed by atoms with van der Waals surface area (Å²) in [5, 5.41) is 0. The predicted octanol–water partition coefficient (Wildman–Crippen LogP) is 0.0872. The standard InChI is InChI=1S/C9H11NO3/c1-5(9-6(2)13-9)10-7(11)3-4-8(10)12/h3-6,9H,1-2H3. The minimum atomic E-state index is -0.236. The van der Waals surface area contributed by atoms with Gasteiger partial charge in [0.05, 0.1) is 12.1 Å². The van der Waals surface area contributed by atoms with Crippen LogP contribution >= 0.6 is 0 Å². The summed E-state index contributed by atoms with van der Waals surface area (Å²) in [6.07, 6.45) is 2.78. The van der Waals surface area contributed by atoms with Gasteiger partial charge in [0.2, 0.25) is 0 Å². The Balaban J connectivity index is 2.08. The molecule has 4 heteroatoms. The summed E-state index contributed by atoms with van der Waals surface area (Å²) in [5.74, 6) is -0.472. The number of hydrogen-bond acceptors (Lipinski definition) is 3. The van der Waals surface area contributed by atoms with E-state index < -0.39 is 0 Å². The van der Waals surface area contributed by atoms with Crippen molar-refractivity contribution in [2.75, 3.05) is 0 Å². The largest absolute Gasteiger partial charge is 0.368 e. The molecule has 0 radical (unpaired) electrons. The van der Waals surface area contributed by atoms with E-state index in [0.717, 1.165) is 0 Å². The fourth-order valence-corrected chi connectivity index (χ4v) is 1.67. The van der Waals surface area contributed by atoms with Crippen molar-refractivity contribution >= 4 is 11.8 Å². The molecule has 0 spiro atoms. The van der Waals surface area contributed by atoms with E-state index in [0.29, 0.717) is 0 Å². The van der Waals surface area contributed by atoms with Crippen molar-refractivity contribution in [3.63, 3.8) is 0 Å². The highest BCUT2D eigenvalue weighted by Gasteiger charge is 2.45. The molecule has 0 aromatic carbocycles. The highest BCUT2D eigenvalue weighted by atomic mass is 16.6. The summed E-state index contributed by atoms with van der Waals surface area (Å²) in [5.41, 5.74) is 0. The Morgan fingerprint density at radius 2 is 1.85 bits per heavy atom. The second-order valence-corrected chi connectivity index (χ2v) is 3.43. The van der Waals surface area contributed by atoms with E-state index in [4.69, 9.17) is 4.74 Å². The Morgan fingerprint density at radius 3 is 2.23 bits per heavy atom. The molecule has 0 bridgehead atoms. The molecule has 0 aromatic rings. The molecule has 4 nitrogen and oxygen atoms in total. The molecule has 0 N–H and O–H groups in total. The lowest BCUT2D eigenvalue weighted by molar-refractivity contribution is -0.139. The van der Waals surface area contributed by atoms with Gasteiger partial charge in [-0.2, -0.15) is 0 Å². The molecular formula is C9H11NO3. The van der Waals surface area contributed by atoms with Crippen LogP contribution in [0, 0.1) is 0 Å². The minimum Gasteiger partial charge on any atom is -0.368 e. The lowest BCUT2D eigenvalue weighted by atomic mass is 10.1. The molecule has 2 rings (SSSR count). The average Bonchev–Trinajstić information content (AvgIpc) is 2.70. The Kier molecular flexibility index (Phi) is 1.73. The molecule has 3 atom stereocenters. The zero-order valence-electron chi connectivity index (χ0n) is 7.56. The number of carbonyl (C=O) groups excluding carboxylic acids is 2. The maximum absolute atomic E-state index is 11.2. The van der Waals surface area contributed by atoms with Gasteiger partial charge in [0.25, 0.3) is 11.8 Å². The summed E-state index contributed by atoms with van der Waals surface area (Å²) in [6, 6.07) is -0.148. The fraction of sp³-hybridized carbons (Fsp3) is 0.556. The first-order chi connectivity index (χ1) is 6.11. The molecule has 0 saturated carbocycles. The molecule has 0 aromatic heterocycles. The van der Waals surface area contributed by atoms with Gasteiger partial charge in [0, 0.05) is 12.2 Å². The number of rotatable bonds is 2. The number of hydrogen-bond donors (Lipinski definition) is 0. The lowest BCUT2D eigenvalue weighted by Crippen LogP contribution is -2.41. The molecule has 2 aliphatic heterocycles. The molecule has 0 aliphatic carbocycles. The molecule has 2 heterocycles. The van der Waals surface area contributed by atoms with E-state index in [2.05, 4.69) is 0 Å². The summed E-state index contributed by atoms with van der Waals surface area (Å²) >= 11 is 0. The van der Waals surface area contributed by atoms with Crippen molar-refractivity contribution in [2.24, 2.45) is 0 Å². The number of ether oxygens (including phenoxy) is 1.